The molecule has 0 amide bonds. The molecule has 6 nitrogen and oxygen atoms in total. The van der Waals surface area contributed by atoms with Crippen molar-refractivity contribution in [3.8, 4) is 5.75 Å². The quantitative estimate of drug-likeness (QED) is 0.336. The summed E-state index contributed by atoms with van der Waals surface area (Å²) in [6, 6.07) is 11.2. The van der Waals surface area contributed by atoms with Crippen molar-refractivity contribution in [3.63, 3.8) is 0 Å². The van der Waals surface area contributed by atoms with E-state index in [4.69, 9.17) is 4.74 Å². The largest absolute Gasteiger partial charge is 0.497 e. The van der Waals surface area contributed by atoms with Crippen LogP contribution in [0, 0.1) is 23.5 Å². The number of likely N-dealkylation sites (tertiary alicyclic amines) is 1. The number of aliphatic hydroxyl groups is 1. The summed E-state index contributed by atoms with van der Waals surface area (Å²) < 4.78 is 33.0. The number of pyridine rings is 1. The van der Waals surface area contributed by atoms with Crippen LogP contribution >= 0.6 is 0 Å². The fraction of sp³-hybridized carbons (Fsp3) is 0.448. The fourth-order valence-corrected chi connectivity index (χ4v) is 5.40. The van der Waals surface area contributed by atoms with Gasteiger partial charge in [0.05, 0.1) is 24.6 Å². The van der Waals surface area contributed by atoms with E-state index in [0.29, 0.717) is 44.5 Å². The van der Waals surface area contributed by atoms with Crippen LogP contribution in [0.15, 0.2) is 48.7 Å². The first-order valence-electron chi connectivity index (χ1n) is 12.9. The lowest BCUT2D eigenvalue weighted by Gasteiger charge is -2.37. The zero-order valence-electron chi connectivity index (χ0n) is 21.1. The molecule has 8 heteroatoms. The van der Waals surface area contributed by atoms with Crippen molar-refractivity contribution in [2.24, 2.45) is 11.8 Å². The predicted octanol–water partition coefficient (Wildman–Crippen LogP) is 5.38. The molecular weight excluding hydrogens is 478 g/mol. The molecular formula is C29H34F2N2O4. The number of nitrogens with zero attached hydrogens (tertiary/aromatic N) is 2. The minimum atomic E-state index is -0.822. The zero-order chi connectivity index (χ0) is 26.4. The molecule has 1 unspecified atom stereocenters. The summed E-state index contributed by atoms with van der Waals surface area (Å²) in [5.41, 5.74) is 1.65. The molecule has 37 heavy (non-hydrogen) atoms. The zero-order valence-corrected chi connectivity index (χ0v) is 21.1. The molecule has 1 aliphatic heterocycles. The molecule has 3 aromatic rings. The number of methoxy groups -OCH3 is 1. The maximum atomic E-state index is 13.8. The molecule has 3 atom stereocenters. The summed E-state index contributed by atoms with van der Waals surface area (Å²) in [7, 11) is 1.59. The maximum absolute atomic E-state index is 13.8. The smallest absolute Gasteiger partial charge is 0.308 e. The van der Waals surface area contributed by atoms with Gasteiger partial charge in [-0.1, -0.05) is 6.07 Å². The Balaban J connectivity index is 1.30. The van der Waals surface area contributed by atoms with Crippen LogP contribution in [0.2, 0.25) is 0 Å². The van der Waals surface area contributed by atoms with Crippen LogP contribution in [0.5, 0.6) is 5.75 Å². The van der Waals surface area contributed by atoms with E-state index >= 15 is 0 Å². The van der Waals surface area contributed by atoms with Crippen molar-refractivity contribution in [1.82, 2.24) is 9.88 Å². The Bertz CT molecular complexity index is 1200. The van der Waals surface area contributed by atoms with Gasteiger partial charge in [-0.3, -0.25) is 9.78 Å². The molecule has 4 rings (SSSR count). The summed E-state index contributed by atoms with van der Waals surface area (Å²) in [5.74, 6) is -1.72. The van der Waals surface area contributed by atoms with Crippen molar-refractivity contribution < 1.29 is 28.5 Å². The highest BCUT2D eigenvalue weighted by Crippen LogP contribution is 2.34. The highest BCUT2D eigenvalue weighted by Gasteiger charge is 2.34. The number of ether oxygens (including phenoxy) is 1. The monoisotopic (exact) mass is 512 g/mol. The third kappa shape index (κ3) is 6.62. The SMILES string of the molecule is COc1ccc2nccc(C(O)CC[C@@H]3CCN(CCCCc4c(F)cccc4F)C[C@@H]3C(=O)O)c2c1. The van der Waals surface area contributed by atoms with Gasteiger partial charge in [0.15, 0.2) is 0 Å². The molecule has 1 saturated heterocycles. The Morgan fingerprint density at radius 1 is 1.19 bits per heavy atom. The van der Waals surface area contributed by atoms with Gasteiger partial charge in [-0.05, 0) is 99.5 Å². The van der Waals surface area contributed by atoms with Gasteiger partial charge in [-0.15, -0.1) is 0 Å². The van der Waals surface area contributed by atoms with Crippen LogP contribution in [-0.4, -0.2) is 52.8 Å². The third-order valence-electron chi connectivity index (χ3n) is 7.52. The first-order valence-corrected chi connectivity index (χ1v) is 12.9. The second kappa shape index (κ2) is 12.4. The van der Waals surface area contributed by atoms with Gasteiger partial charge >= 0.3 is 5.97 Å². The van der Waals surface area contributed by atoms with E-state index in [2.05, 4.69) is 9.88 Å². The molecule has 1 aromatic heterocycles. The minimum Gasteiger partial charge on any atom is -0.497 e. The molecule has 0 aliphatic carbocycles. The molecule has 0 radical (unpaired) electrons. The molecule has 0 saturated carbocycles. The van der Waals surface area contributed by atoms with Gasteiger partial charge in [0.2, 0.25) is 0 Å². The van der Waals surface area contributed by atoms with Crippen LogP contribution in [0.4, 0.5) is 8.78 Å². The van der Waals surface area contributed by atoms with Crippen molar-refractivity contribution in [2.45, 2.75) is 44.6 Å². The summed E-state index contributed by atoms with van der Waals surface area (Å²) in [5, 5.41) is 21.7. The van der Waals surface area contributed by atoms with Crippen molar-refractivity contribution in [2.75, 3.05) is 26.7 Å². The van der Waals surface area contributed by atoms with Crippen LogP contribution in [0.3, 0.4) is 0 Å². The normalized spacial score (nSPS) is 19.1. The molecule has 198 valence electrons. The molecule has 0 bridgehead atoms. The van der Waals surface area contributed by atoms with E-state index in [-0.39, 0.29) is 11.5 Å². The number of rotatable bonds is 11. The molecule has 0 spiro atoms. The number of aliphatic carboxylic acids is 1. The second-order valence-corrected chi connectivity index (χ2v) is 9.83. The molecule has 2 heterocycles. The number of unbranched alkanes of at least 4 members (excludes halogenated alkanes) is 1. The third-order valence-corrected chi connectivity index (χ3v) is 7.52. The van der Waals surface area contributed by atoms with Gasteiger partial charge < -0.3 is 19.8 Å². The van der Waals surface area contributed by atoms with Crippen LogP contribution in [0.25, 0.3) is 10.9 Å². The highest BCUT2D eigenvalue weighted by molar-refractivity contribution is 5.83. The van der Waals surface area contributed by atoms with E-state index in [0.717, 1.165) is 35.9 Å². The van der Waals surface area contributed by atoms with Crippen molar-refractivity contribution in [1.29, 1.82) is 0 Å². The van der Waals surface area contributed by atoms with Gasteiger partial charge in [0.25, 0.3) is 0 Å². The number of fused-ring (bicyclic) bond motifs is 1. The molecule has 1 fully saturated rings. The summed E-state index contributed by atoms with van der Waals surface area (Å²) >= 11 is 0. The standard InChI is InChI=1S/C29H34F2N2O4/c1-37-20-9-10-27-23(17-20)21(12-14-32-27)28(34)11-8-19-13-16-33(18-24(19)29(35)36)15-3-2-5-22-25(30)6-4-7-26(22)31/h4,6-7,9-10,12,14,17,19,24,28,34H,2-3,5,8,11,13,15-16,18H2,1H3,(H,35,36)/t19-,24+,28?/m1/s1. The Hall–Kier alpha value is -3.10. The van der Waals surface area contributed by atoms with Crippen LogP contribution in [0.1, 0.15) is 49.3 Å². The summed E-state index contributed by atoms with van der Waals surface area (Å²) in [4.78, 5) is 18.6. The van der Waals surface area contributed by atoms with E-state index in [9.17, 15) is 23.8 Å². The highest BCUT2D eigenvalue weighted by atomic mass is 19.1. The predicted molar refractivity (Wildman–Crippen MR) is 137 cm³/mol. The van der Waals surface area contributed by atoms with Gasteiger partial charge in [-0.25, -0.2) is 8.78 Å². The van der Waals surface area contributed by atoms with Gasteiger partial charge in [-0.2, -0.15) is 0 Å². The summed E-state index contributed by atoms with van der Waals surface area (Å²) in [6.07, 6.45) is 4.43. The minimum absolute atomic E-state index is 0.0291. The Labute approximate surface area is 215 Å². The first kappa shape index (κ1) is 26.9. The van der Waals surface area contributed by atoms with Gasteiger partial charge in [0, 0.05) is 23.7 Å². The van der Waals surface area contributed by atoms with Crippen LogP contribution in [-0.2, 0) is 11.2 Å². The Morgan fingerprint density at radius 2 is 1.97 bits per heavy atom. The number of hydrogen-bond acceptors (Lipinski definition) is 5. The number of aliphatic hydroxyl groups excluding tert-OH is 1. The lowest BCUT2D eigenvalue weighted by atomic mass is 9.81. The Kier molecular flexibility index (Phi) is 9.05. The first-order chi connectivity index (χ1) is 17.9. The average molecular weight is 513 g/mol. The van der Waals surface area contributed by atoms with Crippen molar-refractivity contribution in [3.05, 3.63) is 71.4 Å². The summed E-state index contributed by atoms with van der Waals surface area (Å²) in [6.45, 7) is 1.91. The van der Waals surface area contributed by atoms with E-state index in [1.165, 1.54) is 18.2 Å². The maximum Gasteiger partial charge on any atom is 0.308 e. The van der Waals surface area contributed by atoms with E-state index in [1.54, 1.807) is 19.4 Å². The lowest BCUT2D eigenvalue weighted by Crippen LogP contribution is -2.44. The van der Waals surface area contributed by atoms with E-state index < -0.39 is 29.6 Å². The van der Waals surface area contributed by atoms with E-state index in [1.807, 2.05) is 18.2 Å². The van der Waals surface area contributed by atoms with Crippen LogP contribution < -0.4 is 4.74 Å². The number of aromatic nitrogens is 1. The molecule has 1 aliphatic rings. The number of carboxylic acid groups (broad SMARTS) is 1. The fourth-order valence-electron chi connectivity index (χ4n) is 5.40. The average Bonchev–Trinajstić information content (AvgIpc) is 2.90. The van der Waals surface area contributed by atoms with Crippen molar-refractivity contribution >= 4 is 16.9 Å². The Morgan fingerprint density at radius 3 is 2.70 bits per heavy atom. The topological polar surface area (TPSA) is 82.9 Å². The number of benzene rings is 2. The number of hydrogen-bond donors (Lipinski definition) is 2. The van der Waals surface area contributed by atoms with Gasteiger partial charge in [0.1, 0.15) is 17.4 Å². The lowest BCUT2D eigenvalue weighted by molar-refractivity contribution is -0.146. The second-order valence-electron chi connectivity index (χ2n) is 9.83. The molecule has 2 aromatic carbocycles. The number of carbonyl (C=O) groups is 1. The number of carboxylic acids is 1. The molecule has 2 N–H and O–H groups in total. The number of halogens is 2. The number of piperidine rings is 1.